The Kier molecular flexibility index (Phi) is 2.87. The third-order valence-electron chi connectivity index (χ3n) is 2.12. The second-order valence-electron chi connectivity index (χ2n) is 3.20. The van der Waals surface area contributed by atoms with Gasteiger partial charge in [0.2, 0.25) is 5.91 Å². The summed E-state index contributed by atoms with van der Waals surface area (Å²) in [6, 6.07) is 5.85. The number of hydrogen-bond donors (Lipinski definition) is 2. The zero-order valence-corrected chi connectivity index (χ0v) is 8.71. The molecule has 0 saturated heterocycles. The number of rotatable bonds is 3. The van der Waals surface area contributed by atoms with E-state index in [1.165, 1.54) is 0 Å². The number of H-pyrrole nitrogens is 1. The highest BCUT2D eigenvalue weighted by Gasteiger charge is 2.00. The summed E-state index contributed by atoms with van der Waals surface area (Å²) >= 11 is 5.37. The van der Waals surface area contributed by atoms with Gasteiger partial charge in [-0.15, -0.1) is 11.6 Å². The quantitative estimate of drug-likeness (QED) is 0.774. The van der Waals surface area contributed by atoms with Gasteiger partial charge in [-0.05, 0) is 17.7 Å². The van der Waals surface area contributed by atoms with E-state index in [1.54, 1.807) is 6.20 Å². The van der Waals surface area contributed by atoms with Crippen LogP contribution in [0, 0.1) is 0 Å². The predicted octanol–water partition coefficient (Wildman–Crippen LogP) is 1.42. The topological polar surface area (TPSA) is 57.8 Å². The van der Waals surface area contributed by atoms with Gasteiger partial charge in [-0.3, -0.25) is 9.89 Å². The van der Waals surface area contributed by atoms with Crippen molar-refractivity contribution in [3.05, 3.63) is 30.0 Å². The van der Waals surface area contributed by atoms with Crippen molar-refractivity contribution >= 4 is 28.4 Å². The molecule has 0 radical (unpaired) electrons. The number of nitrogens with zero attached hydrogens (tertiary/aromatic N) is 1. The summed E-state index contributed by atoms with van der Waals surface area (Å²) in [5, 5.41) is 10.5. The summed E-state index contributed by atoms with van der Waals surface area (Å²) in [6.45, 7) is 0.493. The zero-order valence-electron chi connectivity index (χ0n) is 7.96. The Morgan fingerprint density at radius 2 is 2.40 bits per heavy atom. The molecule has 0 aliphatic rings. The Bertz CT molecular complexity index is 480. The van der Waals surface area contributed by atoms with Crippen molar-refractivity contribution in [3.63, 3.8) is 0 Å². The van der Waals surface area contributed by atoms with Crippen molar-refractivity contribution in [2.45, 2.75) is 6.54 Å². The number of fused-ring (bicyclic) bond motifs is 1. The average molecular weight is 224 g/mol. The first-order valence-corrected chi connectivity index (χ1v) is 5.08. The normalized spacial score (nSPS) is 10.5. The predicted molar refractivity (Wildman–Crippen MR) is 58.7 cm³/mol. The number of carbonyl (C=O) groups is 1. The first kappa shape index (κ1) is 9.98. The molecule has 0 saturated carbocycles. The highest BCUT2D eigenvalue weighted by atomic mass is 35.5. The van der Waals surface area contributed by atoms with Gasteiger partial charge in [0.05, 0.1) is 11.7 Å². The molecule has 1 heterocycles. The van der Waals surface area contributed by atoms with Crippen LogP contribution in [0.1, 0.15) is 5.56 Å². The highest BCUT2D eigenvalue weighted by molar-refractivity contribution is 6.27. The lowest BCUT2D eigenvalue weighted by atomic mass is 10.1. The molecule has 1 aromatic heterocycles. The summed E-state index contributed by atoms with van der Waals surface area (Å²) in [7, 11) is 0. The summed E-state index contributed by atoms with van der Waals surface area (Å²) in [6.07, 6.45) is 1.75. The molecule has 0 atom stereocenters. The number of alkyl halides is 1. The molecule has 1 amide bonds. The number of aromatic nitrogens is 2. The molecule has 1 aromatic carbocycles. The van der Waals surface area contributed by atoms with Crippen LogP contribution >= 0.6 is 11.6 Å². The molecule has 2 aromatic rings. The minimum atomic E-state index is -0.163. The number of halogens is 1. The van der Waals surface area contributed by atoms with Gasteiger partial charge < -0.3 is 5.32 Å². The van der Waals surface area contributed by atoms with Crippen molar-refractivity contribution in [1.29, 1.82) is 0 Å². The molecule has 0 aliphatic heterocycles. The number of aromatic amines is 1. The van der Waals surface area contributed by atoms with Crippen molar-refractivity contribution in [1.82, 2.24) is 15.5 Å². The smallest absolute Gasteiger partial charge is 0.235 e. The van der Waals surface area contributed by atoms with Crippen molar-refractivity contribution in [2.75, 3.05) is 5.88 Å². The maximum Gasteiger partial charge on any atom is 0.235 e. The molecule has 0 aliphatic carbocycles. The van der Waals surface area contributed by atoms with Gasteiger partial charge in [0.25, 0.3) is 0 Å². The Morgan fingerprint density at radius 3 is 3.20 bits per heavy atom. The van der Waals surface area contributed by atoms with E-state index < -0.39 is 0 Å². The van der Waals surface area contributed by atoms with Crippen LogP contribution in [-0.4, -0.2) is 22.0 Å². The molecule has 2 rings (SSSR count). The van der Waals surface area contributed by atoms with E-state index >= 15 is 0 Å². The van der Waals surface area contributed by atoms with Gasteiger partial charge >= 0.3 is 0 Å². The van der Waals surface area contributed by atoms with Crippen molar-refractivity contribution in [3.8, 4) is 0 Å². The Morgan fingerprint density at radius 1 is 1.53 bits per heavy atom. The standard InChI is InChI=1S/C10H10ClN3O/c11-4-10(15)12-5-7-1-2-9-8(3-7)6-13-14-9/h1-3,6H,4-5H2,(H,12,15)(H,13,14). The van der Waals surface area contributed by atoms with Crippen molar-refractivity contribution in [2.24, 2.45) is 0 Å². The fraction of sp³-hybridized carbons (Fsp3) is 0.200. The maximum atomic E-state index is 10.9. The van der Waals surface area contributed by atoms with Crippen molar-refractivity contribution < 1.29 is 4.79 Å². The average Bonchev–Trinajstić information content (AvgIpc) is 2.72. The minimum absolute atomic E-state index is 0.00600. The fourth-order valence-corrected chi connectivity index (χ4v) is 1.44. The van der Waals surface area contributed by atoms with Crippen LogP contribution in [0.3, 0.4) is 0 Å². The molecule has 78 valence electrons. The lowest BCUT2D eigenvalue weighted by Gasteiger charge is -2.02. The summed E-state index contributed by atoms with van der Waals surface area (Å²) < 4.78 is 0. The third-order valence-corrected chi connectivity index (χ3v) is 2.36. The molecular weight excluding hydrogens is 214 g/mol. The van der Waals surface area contributed by atoms with Crippen LogP contribution in [0.15, 0.2) is 24.4 Å². The highest BCUT2D eigenvalue weighted by Crippen LogP contribution is 2.12. The Labute approximate surface area is 91.6 Å². The number of hydrogen-bond acceptors (Lipinski definition) is 2. The van der Waals surface area contributed by atoms with Gasteiger partial charge in [-0.1, -0.05) is 6.07 Å². The summed E-state index contributed by atoms with van der Waals surface area (Å²) in [5.41, 5.74) is 2.02. The van der Waals surface area contributed by atoms with Gasteiger partial charge in [0.15, 0.2) is 0 Å². The van der Waals surface area contributed by atoms with Crippen LogP contribution in [0.25, 0.3) is 10.9 Å². The second-order valence-corrected chi connectivity index (χ2v) is 3.47. The molecule has 0 bridgehead atoms. The van der Waals surface area contributed by atoms with E-state index in [0.717, 1.165) is 16.5 Å². The number of amides is 1. The van der Waals surface area contributed by atoms with Gasteiger partial charge in [-0.2, -0.15) is 5.10 Å². The lowest BCUT2D eigenvalue weighted by molar-refractivity contribution is -0.118. The summed E-state index contributed by atoms with van der Waals surface area (Å²) in [5.74, 6) is -0.169. The molecule has 0 fully saturated rings. The number of carbonyl (C=O) groups excluding carboxylic acids is 1. The first-order valence-electron chi connectivity index (χ1n) is 4.54. The van der Waals surface area contributed by atoms with Crippen LogP contribution < -0.4 is 5.32 Å². The molecule has 15 heavy (non-hydrogen) atoms. The monoisotopic (exact) mass is 223 g/mol. The van der Waals surface area contributed by atoms with E-state index in [1.807, 2.05) is 18.2 Å². The Hall–Kier alpha value is -1.55. The van der Waals surface area contributed by atoms with Crippen LogP contribution in [0.2, 0.25) is 0 Å². The van der Waals surface area contributed by atoms with E-state index in [0.29, 0.717) is 6.54 Å². The molecule has 0 unspecified atom stereocenters. The fourth-order valence-electron chi connectivity index (χ4n) is 1.35. The Balaban J connectivity index is 2.11. The molecule has 0 spiro atoms. The van der Waals surface area contributed by atoms with Crippen LogP contribution in [0.5, 0.6) is 0 Å². The van der Waals surface area contributed by atoms with E-state index in [4.69, 9.17) is 11.6 Å². The number of nitrogens with one attached hydrogen (secondary N) is 2. The first-order chi connectivity index (χ1) is 7.29. The van der Waals surface area contributed by atoms with E-state index in [2.05, 4.69) is 15.5 Å². The van der Waals surface area contributed by atoms with Crippen LogP contribution in [-0.2, 0) is 11.3 Å². The van der Waals surface area contributed by atoms with Gasteiger partial charge in [0.1, 0.15) is 5.88 Å². The zero-order chi connectivity index (χ0) is 10.7. The summed E-state index contributed by atoms with van der Waals surface area (Å²) in [4.78, 5) is 10.9. The molecule has 2 N–H and O–H groups in total. The SMILES string of the molecule is O=C(CCl)NCc1ccc2[nH]ncc2c1. The minimum Gasteiger partial charge on any atom is -0.351 e. The van der Waals surface area contributed by atoms with Gasteiger partial charge in [0, 0.05) is 11.9 Å². The van der Waals surface area contributed by atoms with Gasteiger partial charge in [-0.25, -0.2) is 0 Å². The third kappa shape index (κ3) is 2.27. The second kappa shape index (κ2) is 4.31. The largest absolute Gasteiger partial charge is 0.351 e. The van der Waals surface area contributed by atoms with E-state index in [9.17, 15) is 4.79 Å². The lowest BCUT2D eigenvalue weighted by Crippen LogP contribution is -2.23. The maximum absolute atomic E-state index is 10.9. The molecule has 4 nitrogen and oxygen atoms in total. The molecule has 5 heteroatoms. The molecular formula is C10H10ClN3O. The van der Waals surface area contributed by atoms with Crippen LogP contribution in [0.4, 0.5) is 0 Å². The number of benzene rings is 1. The van der Waals surface area contributed by atoms with E-state index in [-0.39, 0.29) is 11.8 Å².